The van der Waals surface area contributed by atoms with E-state index in [1.807, 2.05) is 31.2 Å². The van der Waals surface area contributed by atoms with Gasteiger partial charge in [0, 0.05) is 5.56 Å². The van der Waals surface area contributed by atoms with E-state index in [1.165, 1.54) is 17.7 Å². The van der Waals surface area contributed by atoms with Gasteiger partial charge in [-0.15, -0.1) is 0 Å². The van der Waals surface area contributed by atoms with Crippen molar-refractivity contribution < 1.29 is 8.78 Å². The highest BCUT2D eigenvalue weighted by molar-refractivity contribution is 5.49. The van der Waals surface area contributed by atoms with E-state index in [1.54, 1.807) is 24.3 Å². The van der Waals surface area contributed by atoms with E-state index < -0.39 is 11.6 Å². The Morgan fingerprint density at radius 2 is 1.28 bits per heavy atom. The van der Waals surface area contributed by atoms with Crippen molar-refractivity contribution in [2.24, 2.45) is 10.2 Å². The van der Waals surface area contributed by atoms with E-state index in [0.717, 1.165) is 18.5 Å². The third kappa shape index (κ3) is 5.58. The van der Waals surface area contributed by atoms with Crippen LogP contribution in [-0.4, -0.2) is 0 Å². The maximum absolute atomic E-state index is 14.1. The SMILES string of the molecule is CCCc1cc(F)c(C#Cc2ccc(N=Nc3ccc(CC)cc3)cc2)c(F)c1. The number of hydrogen-bond acceptors (Lipinski definition) is 2. The first-order chi connectivity index (χ1) is 14.1. The average molecular weight is 388 g/mol. The topological polar surface area (TPSA) is 24.7 Å². The first-order valence-electron chi connectivity index (χ1n) is 9.69. The van der Waals surface area contributed by atoms with Crippen LogP contribution in [0.3, 0.4) is 0 Å². The monoisotopic (exact) mass is 388 g/mol. The molecule has 0 atom stereocenters. The summed E-state index contributed by atoms with van der Waals surface area (Å²) in [5.41, 5.74) is 3.80. The van der Waals surface area contributed by atoms with Gasteiger partial charge in [-0.05, 0) is 72.5 Å². The molecule has 0 saturated carbocycles. The van der Waals surface area contributed by atoms with Gasteiger partial charge in [0.15, 0.2) is 0 Å². The standard InChI is InChI=1S/C25H22F2N2/c1-3-5-20-16-24(26)23(25(27)17-20)15-10-19-8-13-22(14-9-19)29-28-21-11-6-18(4-2)7-12-21/h6-9,11-14,16-17H,3-5H2,1-2H3. The van der Waals surface area contributed by atoms with E-state index in [4.69, 9.17) is 0 Å². The summed E-state index contributed by atoms with van der Waals surface area (Å²) in [5.74, 6) is 4.16. The van der Waals surface area contributed by atoms with Gasteiger partial charge in [0.2, 0.25) is 0 Å². The minimum Gasteiger partial charge on any atom is -0.206 e. The Balaban J connectivity index is 1.72. The fourth-order valence-electron chi connectivity index (χ4n) is 2.84. The van der Waals surface area contributed by atoms with Gasteiger partial charge in [0.1, 0.15) is 11.6 Å². The molecule has 0 fully saturated rings. The first kappa shape index (κ1) is 20.4. The zero-order valence-electron chi connectivity index (χ0n) is 16.5. The predicted molar refractivity (Wildman–Crippen MR) is 113 cm³/mol. The quantitative estimate of drug-likeness (QED) is 0.324. The van der Waals surface area contributed by atoms with Gasteiger partial charge in [-0.1, -0.05) is 44.2 Å². The summed E-state index contributed by atoms with van der Waals surface area (Å²) < 4.78 is 28.3. The molecule has 0 aliphatic rings. The Labute approximate surface area is 170 Å². The summed E-state index contributed by atoms with van der Waals surface area (Å²) in [5, 5.41) is 8.41. The van der Waals surface area contributed by atoms with Crippen LogP contribution in [0.5, 0.6) is 0 Å². The van der Waals surface area contributed by atoms with Crippen LogP contribution in [0.1, 0.15) is 42.5 Å². The van der Waals surface area contributed by atoms with Crippen LogP contribution in [-0.2, 0) is 12.8 Å². The van der Waals surface area contributed by atoms with Crippen LogP contribution in [0.25, 0.3) is 0 Å². The normalized spacial score (nSPS) is 10.8. The second-order valence-electron chi connectivity index (χ2n) is 6.70. The summed E-state index contributed by atoms with van der Waals surface area (Å²) in [6.07, 6.45) is 2.45. The minimum absolute atomic E-state index is 0.204. The third-order valence-corrected chi connectivity index (χ3v) is 4.47. The van der Waals surface area contributed by atoms with Crippen molar-refractivity contribution in [3.8, 4) is 11.8 Å². The fourth-order valence-corrected chi connectivity index (χ4v) is 2.84. The molecule has 3 aromatic rings. The number of hydrogen-bond donors (Lipinski definition) is 0. The average Bonchev–Trinajstić information content (AvgIpc) is 2.73. The summed E-state index contributed by atoms with van der Waals surface area (Å²) in [6.45, 7) is 4.07. The van der Waals surface area contributed by atoms with Gasteiger partial charge in [-0.3, -0.25) is 0 Å². The molecule has 3 aromatic carbocycles. The molecule has 0 heterocycles. The van der Waals surface area contributed by atoms with E-state index >= 15 is 0 Å². The van der Waals surface area contributed by atoms with Crippen LogP contribution in [0.4, 0.5) is 20.2 Å². The lowest BCUT2D eigenvalue weighted by Crippen LogP contribution is -1.94. The Morgan fingerprint density at radius 1 is 0.724 bits per heavy atom. The van der Waals surface area contributed by atoms with Crippen molar-refractivity contribution in [1.29, 1.82) is 0 Å². The van der Waals surface area contributed by atoms with Gasteiger partial charge in [0.05, 0.1) is 16.9 Å². The molecule has 0 aromatic heterocycles. The van der Waals surface area contributed by atoms with Gasteiger partial charge in [0.25, 0.3) is 0 Å². The summed E-state index contributed by atoms with van der Waals surface area (Å²) in [7, 11) is 0. The van der Waals surface area contributed by atoms with E-state index in [0.29, 0.717) is 23.2 Å². The number of benzene rings is 3. The van der Waals surface area contributed by atoms with Crippen molar-refractivity contribution in [2.75, 3.05) is 0 Å². The molecule has 0 aliphatic heterocycles. The highest BCUT2D eigenvalue weighted by Gasteiger charge is 2.08. The van der Waals surface area contributed by atoms with E-state index in [-0.39, 0.29) is 5.56 Å². The second kappa shape index (κ2) is 9.75. The Bertz CT molecular complexity index is 1030. The highest BCUT2D eigenvalue weighted by atomic mass is 19.1. The molecule has 2 nitrogen and oxygen atoms in total. The lowest BCUT2D eigenvalue weighted by Gasteiger charge is -2.02. The summed E-state index contributed by atoms with van der Waals surface area (Å²) in [4.78, 5) is 0. The van der Waals surface area contributed by atoms with Crippen molar-refractivity contribution in [2.45, 2.75) is 33.1 Å². The molecule has 0 N–H and O–H groups in total. The molecule has 0 saturated heterocycles. The number of azo groups is 1. The zero-order chi connectivity index (χ0) is 20.6. The number of halogens is 2. The van der Waals surface area contributed by atoms with Crippen LogP contribution < -0.4 is 0 Å². The molecule has 0 radical (unpaired) electrons. The fraction of sp³-hybridized carbons (Fsp3) is 0.200. The van der Waals surface area contributed by atoms with Gasteiger partial charge in [-0.25, -0.2) is 8.78 Å². The van der Waals surface area contributed by atoms with Crippen LogP contribution in [0.2, 0.25) is 0 Å². The van der Waals surface area contributed by atoms with Gasteiger partial charge < -0.3 is 0 Å². The van der Waals surface area contributed by atoms with Crippen LogP contribution in [0.15, 0.2) is 70.9 Å². The molecule has 0 unspecified atom stereocenters. The first-order valence-corrected chi connectivity index (χ1v) is 9.69. The van der Waals surface area contributed by atoms with Crippen molar-refractivity contribution >= 4 is 11.4 Å². The Kier molecular flexibility index (Phi) is 6.86. The number of aryl methyl sites for hydroxylation is 2. The van der Waals surface area contributed by atoms with Crippen LogP contribution >= 0.6 is 0 Å². The third-order valence-electron chi connectivity index (χ3n) is 4.47. The number of nitrogens with zero attached hydrogens (tertiary/aromatic N) is 2. The maximum atomic E-state index is 14.1. The smallest absolute Gasteiger partial charge is 0.142 e. The second-order valence-corrected chi connectivity index (χ2v) is 6.70. The molecule has 4 heteroatoms. The molecule has 3 rings (SSSR count). The largest absolute Gasteiger partial charge is 0.206 e. The van der Waals surface area contributed by atoms with E-state index in [9.17, 15) is 8.78 Å². The molecular weight excluding hydrogens is 366 g/mol. The lowest BCUT2D eigenvalue weighted by molar-refractivity contribution is 0.573. The molecule has 0 aliphatic carbocycles. The highest BCUT2D eigenvalue weighted by Crippen LogP contribution is 2.20. The van der Waals surface area contributed by atoms with Crippen molar-refractivity contribution in [3.63, 3.8) is 0 Å². The summed E-state index contributed by atoms with van der Waals surface area (Å²) in [6, 6.07) is 17.7. The Hall–Kier alpha value is -3.32. The van der Waals surface area contributed by atoms with Gasteiger partial charge in [-0.2, -0.15) is 10.2 Å². The number of rotatable bonds is 5. The molecule has 0 spiro atoms. The molecule has 146 valence electrons. The zero-order valence-corrected chi connectivity index (χ0v) is 16.5. The van der Waals surface area contributed by atoms with E-state index in [2.05, 4.69) is 29.0 Å². The summed E-state index contributed by atoms with van der Waals surface area (Å²) >= 11 is 0. The minimum atomic E-state index is -0.625. The maximum Gasteiger partial charge on any atom is 0.142 e. The van der Waals surface area contributed by atoms with Crippen LogP contribution in [0, 0.1) is 23.5 Å². The molecule has 29 heavy (non-hydrogen) atoms. The lowest BCUT2D eigenvalue weighted by atomic mass is 10.1. The van der Waals surface area contributed by atoms with Gasteiger partial charge >= 0.3 is 0 Å². The molecule has 0 bridgehead atoms. The molecular formula is C25H22F2N2. The Morgan fingerprint density at radius 3 is 1.79 bits per heavy atom. The van der Waals surface area contributed by atoms with Crippen molar-refractivity contribution in [1.82, 2.24) is 0 Å². The molecule has 0 amide bonds. The predicted octanol–water partition coefficient (Wildman–Crippen LogP) is 7.29. The van der Waals surface area contributed by atoms with Crippen molar-refractivity contribution in [3.05, 3.63) is 94.6 Å².